The molecule has 4 nitrogen and oxygen atoms in total. The Morgan fingerprint density at radius 3 is 2.53 bits per heavy atom. The smallest absolute Gasteiger partial charge is 0.320 e. The molecule has 3 N–H and O–H groups in total. The number of carboxylic acids is 1. The molecule has 0 aromatic carbocycles. The fourth-order valence-corrected chi connectivity index (χ4v) is 1.99. The first-order valence-corrected chi connectivity index (χ1v) is 5.56. The predicted octanol–water partition coefficient (Wildman–Crippen LogP) is 0.989. The molecule has 1 aliphatic rings. The lowest BCUT2D eigenvalue weighted by Crippen LogP contribution is -2.62. The van der Waals surface area contributed by atoms with Gasteiger partial charge in [0, 0.05) is 11.5 Å². The summed E-state index contributed by atoms with van der Waals surface area (Å²) in [4.78, 5) is 10.9. The van der Waals surface area contributed by atoms with E-state index in [4.69, 9.17) is 5.11 Å². The molecule has 1 rings (SSSR count). The molecule has 15 heavy (non-hydrogen) atoms. The first-order valence-electron chi connectivity index (χ1n) is 5.56. The highest BCUT2D eigenvalue weighted by Crippen LogP contribution is 2.40. The van der Waals surface area contributed by atoms with E-state index in [9.17, 15) is 9.90 Å². The van der Waals surface area contributed by atoms with E-state index in [0.29, 0.717) is 12.8 Å². The van der Waals surface area contributed by atoms with Crippen molar-refractivity contribution in [3.8, 4) is 0 Å². The maximum atomic E-state index is 10.9. The van der Waals surface area contributed by atoms with E-state index in [2.05, 4.69) is 5.32 Å². The third kappa shape index (κ3) is 2.49. The quantitative estimate of drug-likeness (QED) is 0.639. The predicted molar refractivity (Wildman–Crippen MR) is 57.7 cm³/mol. The van der Waals surface area contributed by atoms with Gasteiger partial charge >= 0.3 is 5.97 Å². The molecule has 88 valence electrons. The summed E-state index contributed by atoms with van der Waals surface area (Å²) in [6.07, 6.45) is 1.82. The maximum absolute atomic E-state index is 10.9. The highest BCUT2D eigenvalue weighted by Gasteiger charge is 2.48. The lowest BCUT2D eigenvalue weighted by Gasteiger charge is -2.50. The van der Waals surface area contributed by atoms with Crippen LogP contribution in [0, 0.1) is 5.41 Å². The van der Waals surface area contributed by atoms with Gasteiger partial charge in [0.1, 0.15) is 6.04 Å². The van der Waals surface area contributed by atoms with Gasteiger partial charge in [-0.25, -0.2) is 0 Å². The van der Waals surface area contributed by atoms with Crippen LogP contribution in [0.25, 0.3) is 0 Å². The molecule has 0 bridgehead atoms. The number of aliphatic hydroxyl groups excluding tert-OH is 1. The number of carbonyl (C=O) groups is 1. The average molecular weight is 215 g/mol. The molecule has 3 unspecified atom stereocenters. The molecule has 0 aromatic heterocycles. The van der Waals surface area contributed by atoms with Gasteiger partial charge in [-0.2, -0.15) is 0 Å². The van der Waals surface area contributed by atoms with Crippen LogP contribution in [0.5, 0.6) is 0 Å². The first kappa shape index (κ1) is 12.5. The Bertz CT molecular complexity index is 240. The third-order valence-electron chi connectivity index (χ3n) is 3.49. The Morgan fingerprint density at radius 1 is 1.60 bits per heavy atom. The summed E-state index contributed by atoms with van der Waals surface area (Å²) in [7, 11) is 0. The van der Waals surface area contributed by atoms with Gasteiger partial charge in [0.2, 0.25) is 0 Å². The van der Waals surface area contributed by atoms with E-state index in [1.165, 1.54) is 0 Å². The van der Waals surface area contributed by atoms with Crippen LogP contribution in [-0.4, -0.2) is 34.4 Å². The molecule has 0 saturated heterocycles. The van der Waals surface area contributed by atoms with Crippen molar-refractivity contribution in [1.82, 2.24) is 5.32 Å². The number of carboxylic acid groups (broad SMARTS) is 1. The Morgan fingerprint density at radius 2 is 2.20 bits per heavy atom. The van der Waals surface area contributed by atoms with Crippen LogP contribution >= 0.6 is 0 Å². The largest absolute Gasteiger partial charge is 0.480 e. The van der Waals surface area contributed by atoms with Gasteiger partial charge in [-0.15, -0.1) is 0 Å². The number of hydrogen-bond donors (Lipinski definition) is 3. The Hall–Kier alpha value is -0.610. The van der Waals surface area contributed by atoms with Gasteiger partial charge < -0.3 is 15.5 Å². The highest BCUT2D eigenvalue weighted by atomic mass is 16.4. The van der Waals surface area contributed by atoms with Gasteiger partial charge in [-0.1, -0.05) is 27.2 Å². The molecule has 1 saturated carbocycles. The van der Waals surface area contributed by atoms with Gasteiger partial charge in [0.05, 0.1) is 6.10 Å². The van der Waals surface area contributed by atoms with Crippen molar-refractivity contribution in [2.75, 3.05) is 0 Å². The van der Waals surface area contributed by atoms with Crippen molar-refractivity contribution in [3.63, 3.8) is 0 Å². The van der Waals surface area contributed by atoms with Crippen molar-refractivity contribution < 1.29 is 15.0 Å². The molecule has 0 amide bonds. The topological polar surface area (TPSA) is 69.6 Å². The number of nitrogens with one attached hydrogen (secondary N) is 1. The molecule has 0 aromatic rings. The van der Waals surface area contributed by atoms with Crippen LogP contribution in [0.4, 0.5) is 0 Å². The van der Waals surface area contributed by atoms with Crippen molar-refractivity contribution in [2.45, 2.75) is 58.2 Å². The molecule has 0 heterocycles. The van der Waals surface area contributed by atoms with E-state index in [-0.39, 0.29) is 17.6 Å². The van der Waals surface area contributed by atoms with Crippen LogP contribution < -0.4 is 5.32 Å². The molecule has 1 aliphatic carbocycles. The number of hydrogen-bond acceptors (Lipinski definition) is 3. The summed E-state index contributed by atoms with van der Waals surface area (Å²) in [5, 5.41) is 21.6. The first-order chi connectivity index (χ1) is 6.89. The Kier molecular flexibility index (Phi) is 3.73. The highest BCUT2D eigenvalue weighted by molar-refractivity contribution is 5.73. The maximum Gasteiger partial charge on any atom is 0.320 e. The molecular formula is C11H21NO3. The fourth-order valence-electron chi connectivity index (χ4n) is 1.99. The second-order valence-electron chi connectivity index (χ2n) is 4.97. The Balaban J connectivity index is 2.50. The monoisotopic (exact) mass is 215 g/mol. The summed E-state index contributed by atoms with van der Waals surface area (Å²) < 4.78 is 0. The summed E-state index contributed by atoms with van der Waals surface area (Å²) in [5.41, 5.74) is -0.207. The van der Waals surface area contributed by atoms with E-state index in [1.807, 2.05) is 20.8 Å². The van der Waals surface area contributed by atoms with Gasteiger partial charge in [-0.3, -0.25) is 4.79 Å². The summed E-state index contributed by atoms with van der Waals surface area (Å²) >= 11 is 0. The van der Waals surface area contributed by atoms with Crippen LogP contribution in [0.2, 0.25) is 0 Å². The molecule has 0 radical (unpaired) electrons. The minimum atomic E-state index is -0.797. The second kappa shape index (κ2) is 4.49. The van der Waals surface area contributed by atoms with E-state index < -0.39 is 12.0 Å². The SMILES string of the molecule is CCCC(NC1CC(O)C1(C)C)C(=O)O. The van der Waals surface area contributed by atoms with Crippen LogP contribution in [-0.2, 0) is 4.79 Å². The fraction of sp³-hybridized carbons (Fsp3) is 0.909. The number of aliphatic carboxylic acids is 1. The number of rotatable bonds is 5. The lowest BCUT2D eigenvalue weighted by atomic mass is 9.64. The molecular weight excluding hydrogens is 194 g/mol. The van der Waals surface area contributed by atoms with E-state index in [1.54, 1.807) is 0 Å². The normalized spacial score (nSPS) is 30.7. The van der Waals surface area contributed by atoms with Crippen LogP contribution in [0.3, 0.4) is 0 Å². The van der Waals surface area contributed by atoms with Gasteiger partial charge in [-0.05, 0) is 12.8 Å². The zero-order valence-corrected chi connectivity index (χ0v) is 9.66. The van der Waals surface area contributed by atoms with Crippen molar-refractivity contribution >= 4 is 5.97 Å². The van der Waals surface area contributed by atoms with E-state index in [0.717, 1.165) is 6.42 Å². The van der Waals surface area contributed by atoms with Crippen LogP contribution in [0.1, 0.15) is 40.0 Å². The summed E-state index contributed by atoms with van der Waals surface area (Å²) in [6.45, 7) is 5.89. The molecule has 0 aliphatic heterocycles. The summed E-state index contributed by atoms with van der Waals surface area (Å²) in [6, 6.07) is -0.369. The standard InChI is InChI=1S/C11H21NO3/c1-4-5-7(10(14)15)12-8-6-9(13)11(8,2)3/h7-9,12-13H,4-6H2,1-3H3,(H,14,15). The summed E-state index contributed by atoms with van der Waals surface area (Å²) in [5.74, 6) is -0.797. The average Bonchev–Trinajstić information content (AvgIpc) is 2.15. The van der Waals surface area contributed by atoms with Crippen molar-refractivity contribution in [3.05, 3.63) is 0 Å². The van der Waals surface area contributed by atoms with E-state index >= 15 is 0 Å². The van der Waals surface area contributed by atoms with Crippen LogP contribution in [0.15, 0.2) is 0 Å². The zero-order valence-electron chi connectivity index (χ0n) is 9.66. The van der Waals surface area contributed by atoms with Gasteiger partial charge in [0.15, 0.2) is 0 Å². The Labute approximate surface area is 90.7 Å². The molecule has 1 fully saturated rings. The van der Waals surface area contributed by atoms with Crippen molar-refractivity contribution in [1.29, 1.82) is 0 Å². The van der Waals surface area contributed by atoms with Crippen molar-refractivity contribution in [2.24, 2.45) is 5.41 Å². The minimum absolute atomic E-state index is 0.111. The minimum Gasteiger partial charge on any atom is -0.480 e. The third-order valence-corrected chi connectivity index (χ3v) is 3.49. The molecule has 3 atom stereocenters. The van der Waals surface area contributed by atoms with Gasteiger partial charge in [0.25, 0.3) is 0 Å². The second-order valence-corrected chi connectivity index (χ2v) is 4.97. The lowest BCUT2D eigenvalue weighted by molar-refractivity contribution is -0.142. The molecule has 0 spiro atoms. The number of aliphatic hydroxyl groups is 1. The molecule has 4 heteroatoms. The zero-order chi connectivity index (χ0) is 11.6.